The molecule has 2 aromatic carbocycles. The molecule has 26 heavy (non-hydrogen) atoms. The van der Waals surface area contributed by atoms with Gasteiger partial charge < -0.3 is 10.2 Å². The van der Waals surface area contributed by atoms with E-state index in [1.54, 1.807) is 12.1 Å². The van der Waals surface area contributed by atoms with Gasteiger partial charge >= 0.3 is 0 Å². The van der Waals surface area contributed by atoms with Crippen LogP contribution in [0.5, 0.6) is 0 Å². The largest absolute Gasteiger partial charge is 0.343 e. The fourth-order valence-corrected chi connectivity index (χ4v) is 3.57. The quantitative estimate of drug-likeness (QED) is 0.811. The summed E-state index contributed by atoms with van der Waals surface area (Å²) in [6.45, 7) is 1.59. The van der Waals surface area contributed by atoms with Crippen molar-refractivity contribution in [2.45, 2.75) is 19.3 Å². The highest BCUT2D eigenvalue weighted by Crippen LogP contribution is 2.21. The molecule has 2 amide bonds. The number of halogens is 1. The minimum absolute atomic E-state index is 0.00590. The summed E-state index contributed by atoms with van der Waals surface area (Å²) in [5.41, 5.74) is 1.92. The number of rotatable bonds is 5. The smallest absolute Gasteiger partial charge is 0.251 e. The van der Waals surface area contributed by atoms with E-state index < -0.39 is 0 Å². The summed E-state index contributed by atoms with van der Waals surface area (Å²) in [5, 5.41) is 2.72. The molecule has 0 aliphatic carbocycles. The number of hydrogen-bond acceptors (Lipinski definition) is 2. The number of carbonyl (C=O) groups excluding carboxylic acids is 2. The molecule has 1 aliphatic heterocycles. The van der Waals surface area contributed by atoms with Crippen LogP contribution in [0, 0.1) is 5.92 Å². The average molecular weight is 415 g/mol. The highest BCUT2D eigenvalue weighted by molar-refractivity contribution is 9.10. The van der Waals surface area contributed by atoms with Gasteiger partial charge in [-0.15, -0.1) is 0 Å². The van der Waals surface area contributed by atoms with Crippen molar-refractivity contribution in [1.82, 2.24) is 10.2 Å². The molecule has 0 spiro atoms. The highest BCUT2D eigenvalue weighted by atomic mass is 79.9. The number of nitrogens with one attached hydrogen (secondary N) is 1. The predicted molar refractivity (Wildman–Crippen MR) is 106 cm³/mol. The maximum absolute atomic E-state index is 12.4. The summed E-state index contributed by atoms with van der Waals surface area (Å²) in [6, 6.07) is 17.6. The molecule has 1 saturated heterocycles. The maximum Gasteiger partial charge on any atom is 0.251 e. The van der Waals surface area contributed by atoms with Gasteiger partial charge in [-0.25, -0.2) is 0 Å². The average Bonchev–Trinajstić information content (AvgIpc) is 2.68. The summed E-state index contributed by atoms with van der Waals surface area (Å²) in [4.78, 5) is 26.3. The zero-order chi connectivity index (χ0) is 18.4. The monoisotopic (exact) mass is 414 g/mol. The summed E-state index contributed by atoms with van der Waals surface area (Å²) in [6.07, 6.45) is 3.10. The SMILES string of the molecule is O=C(NCC(=O)N1CCC(Cc2ccccc2)CC1)c1ccc(Br)cc1. The van der Waals surface area contributed by atoms with Crippen molar-refractivity contribution < 1.29 is 9.59 Å². The molecule has 0 unspecified atom stereocenters. The van der Waals surface area contributed by atoms with Crippen LogP contribution in [0.15, 0.2) is 59.1 Å². The third-order valence-corrected chi connectivity index (χ3v) is 5.37. The molecule has 136 valence electrons. The number of amides is 2. The van der Waals surface area contributed by atoms with Crippen LogP contribution in [0.4, 0.5) is 0 Å². The van der Waals surface area contributed by atoms with Crippen molar-refractivity contribution >= 4 is 27.7 Å². The van der Waals surface area contributed by atoms with Gasteiger partial charge in [0.1, 0.15) is 0 Å². The van der Waals surface area contributed by atoms with E-state index in [4.69, 9.17) is 0 Å². The van der Waals surface area contributed by atoms with Crippen LogP contribution in [0.3, 0.4) is 0 Å². The lowest BCUT2D eigenvalue weighted by molar-refractivity contribution is -0.131. The van der Waals surface area contributed by atoms with Crippen molar-refractivity contribution in [1.29, 1.82) is 0 Å². The summed E-state index contributed by atoms with van der Waals surface area (Å²) in [5.74, 6) is 0.400. The van der Waals surface area contributed by atoms with Crippen molar-refractivity contribution in [3.05, 3.63) is 70.2 Å². The zero-order valence-corrected chi connectivity index (χ0v) is 16.2. The molecule has 1 N–H and O–H groups in total. The molecule has 1 heterocycles. The van der Waals surface area contributed by atoms with E-state index in [1.807, 2.05) is 23.1 Å². The van der Waals surface area contributed by atoms with E-state index in [0.717, 1.165) is 36.8 Å². The molecule has 5 heteroatoms. The second-order valence-electron chi connectivity index (χ2n) is 6.70. The molecule has 0 atom stereocenters. The Morgan fingerprint density at radius 3 is 2.31 bits per heavy atom. The molecule has 0 bridgehead atoms. The van der Waals surface area contributed by atoms with Gasteiger partial charge in [-0.3, -0.25) is 9.59 Å². The van der Waals surface area contributed by atoms with Crippen LogP contribution in [-0.2, 0) is 11.2 Å². The Morgan fingerprint density at radius 1 is 1.00 bits per heavy atom. The Hall–Kier alpha value is -2.14. The molecule has 2 aromatic rings. The van der Waals surface area contributed by atoms with Crippen molar-refractivity contribution in [3.8, 4) is 0 Å². The van der Waals surface area contributed by atoms with Gasteiger partial charge in [-0.2, -0.15) is 0 Å². The summed E-state index contributed by atoms with van der Waals surface area (Å²) < 4.78 is 0.920. The molecule has 3 rings (SSSR count). The number of nitrogens with zero attached hydrogens (tertiary/aromatic N) is 1. The molecule has 0 aromatic heterocycles. The number of benzene rings is 2. The van der Waals surface area contributed by atoms with E-state index in [9.17, 15) is 9.59 Å². The van der Waals surface area contributed by atoms with E-state index >= 15 is 0 Å². The molecular weight excluding hydrogens is 392 g/mol. The standard InChI is InChI=1S/C21H23BrN2O2/c22-19-8-6-18(7-9-19)21(26)23-15-20(25)24-12-10-17(11-13-24)14-16-4-2-1-3-5-16/h1-9,17H,10-15H2,(H,23,26). The summed E-state index contributed by atoms with van der Waals surface area (Å²) in [7, 11) is 0. The second-order valence-corrected chi connectivity index (χ2v) is 7.62. The van der Waals surface area contributed by atoms with Crippen LogP contribution < -0.4 is 5.32 Å². The van der Waals surface area contributed by atoms with Gasteiger partial charge in [-0.05, 0) is 55.0 Å². The highest BCUT2D eigenvalue weighted by Gasteiger charge is 2.23. The Labute approximate surface area is 162 Å². The van der Waals surface area contributed by atoms with Crippen LogP contribution in [0.2, 0.25) is 0 Å². The van der Waals surface area contributed by atoms with Crippen LogP contribution in [-0.4, -0.2) is 36.3 Å². The normalized spacial score (nSPS) is 14.9. The third-order valence-electron chi connectivity index (χ3n) is 4.84. The number of carbonyl (C=O) groups is 2. The molecular formula is C21H23BrN2O2. The number of piperidine rings is 1. The lowest BCUT2D eigenvalue weighted by atomic mass is 9.90. The van der Waals surface area contributed by atoms with Gasteiger partial charge in [0.25, 0.3) is 5.91 Å². The number of likely N-dealkylation sites (tertiary alicyclic amines) is 1. The van der Waals surface area contributed by atoms with Crippen molar-refractivity contribution in [2.75, 3.05) is 19.6 Å². The van der Waals surface area contributed by atoms with Crippen molar-refractivity contribution in [3.63, 3.8) is 0 Å². The fraction of sp³-hybridized carbons (Fsp3) is 0.333. The van der Waals surface area contributed by atoms with Gasteiger partial charge in [0.15, 0.2) is 0 Å². The van der Waals surface area contributed by atoms with E-state index in [-0.39, 0.29) is 18.4 Å². The third kappa shape index (κ3) is 5.18. The first kappa shape index (κ1) is 18.6. The fourth-order valence-electron chi connectivity index (χ4n) is 3.30. The minimum Gasteiger partial charge on any atom is -0.343 e. The summed E-state index contributed by atoms with van der Waals surface area (Å²) >= 11 is 3.34. The first-order chi connectivity index (χ1) is 12.6. The van der Waals surface area contributed by atoms with E-state index in [2.05, 4.69) is 45.5 Å². The first-order valence-corrected chi connectivity index (χ1v) is 9.76. The van der Waals surface area contributed by atoms with Crippen LogP contribution in [0.1, 0.15) is 28.8 Å². The van der Waals surface area contributed by atoms with Gasteiger partial charge in [0.05, 0.1) is 6.54 Å². The number of hydrogen-bond donors (Lipinski definition) is 1. The van der Waals surface area contributed by atoms with Gasteiger partial charge in [0, 0.05) is 23.1 Å². The predicted octanol–water partition coefficient (Wildman–Crippen LogP) is 3.66. The Bertz CT molecular complexity index is 738. The minimum atomic E-state index is -0.218. The van der Waals surface area contributed by atoms with Gasteiger partial charge in [-0.1, -0.05) is 46.3 Å². The first-order valence-electron chi connectivity index (χ1n) is 8.97. The topological polar surface area (TPSA) is 49.4 Å². The Kier molecular flexibility index (Phi) is 6.45. The van der Waals surface area contributed by atoms with Crippen molar-refractivity contribution in [2.24, 2.45) is 5.92 Å². The lowest BCUT2D eigenvalue weighted by Gasteiger charge is -2.32. The molecule has 4 nitrogen and oxygen atoms in total. The molecule has 1 aliphatic rings. The molecule has 1 fully saturated rings. The maximum atomic E-state index is 12.4. The van der Waals surface area contributed by atoms with Crippen LogP contribution in [0.25, 0.3) is 0 Å². The van der Waals surface area contributed by atoms with Crippen LogP contribution >= 0.6 is 15.9 Å². The molecule has 0 radical (unpaired) electrons. The zero-order valence-electron chi connectivity index (χ0n) is 14.7. The molecule has 0 saturated carbocycles. The van der Waals surface area contributed by atoms with Gasteiger partial charge in [0.2, 0.25) is 5.91 Å². The Morgan fingerprint density at radius 2 is 1.65 bits per heavy atom. The van der Waals surface area contributed by atoms with E-state index in [1.165, 1.54) is 5.56 Å². The van der Waals surface area contributed by atoms with E-state index in [0.29, 0.717) is 11.5 Å². The lowest BCUT2D eigenvalue weighted by Crippen LogP contribution is -2.44. The second kappa shape index (κ2) is 8.99. The Balaban J connectivity index is 1.42.